The summed E-state index contributed by atoms with van der Waals surface area (Å²) in [5, 5.41) is 56.5. The number of Topliss-reactive ketones (excluding diaryl/α,β-unsaturated/α-hetero) is 1. The molecule has 5 rings (SSSR count). The summed E-state index contributed by atoms with van der Waals surface area (Å²) in [5.41, 5.74) is 6.18. The number of carbonyl (C=O) groups is 2. The second-order valence-electron chi connectivity index (χ2n) is 20.4. The molecule has 4 fully saturated rings. The Morgan fingerprint density at radius 1 is 0.676 bits per heavy atom. The highest BCUT2D eigenvalue weighted by molar-refractivity contribution is 8.13. The van der Waals surface area contributed by atoms with Crippen LogP contribution in [0.3, 0.4) is 0 Å². The Kier molecular flexibility index (Phi) is 26.3. The van der Waals surface area contributed by atoms with Crippen molar-refractivity contribution in [1.29, 1.82) is 0 Å². The van der Waals surface area contributed by atoms with Gasteiger partial charge in [-0.05, 0) is 62.2 Å². The van der Waals surface area contributed by atoms with Crippen molar-refractivity contribution in [1.82, 2.24) is 0 Å². The SMILES string of the molecule is CO[C@]12CC3C[C@@H](OC(P(C)P)O3)[C@H](O)CCC3C[C@H](CC(=O)O[C@@H](C)[C@H](C)[C@H](O)[C@@H](C)/C=C/C=C/C=C/C=C/C=C/C=C/C=C/[C@H](O[C@@H]4O[C@H](C)[C@@H](O)[C@H](N)[C@H]4O)CC(O1)[C@H](C(C)=O)[C@@H](O)C2)OC(P(C)P)O3. The Balaban J connectivity index is 1.43. The lowest BCUT2D eigenvalue weighted by Crippen LogP contribution is -2.61. The van der Waals surface area contributed by atoms with Crippen LogP contribution in [0.15, 0.2) is 85.1 Å². The quantitative estimate of drug-likeness (QED) is 0.125. The molecule has 0 amide bonds. The van der Waals surface area contributed by atoms with Crippen LogP contribution in [0.4, 0.5) is 0 Å². The molecule has 7 N–H and O–H groups in total. The standard InChI is InChI=1S/C53H85NO16P4/c1-31-21-19-17-15-13-11-9-10-12-14-16-18-20-22-36(65-50-49(61)46(54)48(60)35(5)64-50)26-43-45(33(3)55)41(57)30-53(62-6,70-43)29-39-27-42(69-52(68-39)74(8)72)40(56)24-23-37-25-38(67-51(66-37)73(7)71)28-44(58)63-34(4)32(2)47(31)59/h9-22,31-32,34-43,45-52,56-57,59-61H,23-30,54,71-72H2,1-8H3/b10-9+,13-11+,14-12+,17-15+,18-16+,21-19+,22-20+/t31-,32-,34-,35+,36-,37?,38+,39?,40+,41-,42+,43?,45+,46-,47+,48+,49+,50-,51?,52?,53+,73?,74?/m0/s1. The molecule has 17 nitrogen and oxygen atoms in total. The second kappa shape index (κ2) is 30.7. The number of aliphatic hydroxyl groups excluding tert-OH is 5. The smallest absolute Gasteiger partial charge is 0.308 e. The Morgan fingerprint density at radius 2 is 1.24 bits per heavy atom. The van der Waals surface area contributed by atoms with Gasteiger partial charge in [-0.15, -0.1) is 17.9 Å². The van der Waals surface area contributed by atoms with E-state index in [9.17, 15) is 35.1 Å². The predicted molar refractivity (Wildman–Crippen MR) is 293 cm³/mol. The van der Waals surface area contributed by atoms with Crippen LogP contribution in [0.25, 0.3) is 0 Å². The van der Waals surface area contributed by atoms with E-state index in [0.717, 1.165) is 0 Å². The van der Waals surface area contributed by atoms with Crippen LogP contribution in [0, 0.1) is 17.8 Å². The Hall–Kier alpha value is -1.52. The maximum Gasteiger partial charge on any atom is 0.308 e. The highest BCUT2D eigenvalue weighted by atomic mass is 32.0. The zero-order valence-corrected chi connectivity index (χ0v) is 48.2. The molecular weight excluding hydrogens is 1030 g/mol. The minimum absolute atomic E-state index is 0.00429. The van der Waals surface area contributed by atoms with Crippen LogP contribution in [0.1, 0.15) is 86.0 Å². The number of aliphatic hydroxyl groups is 5. The molecule has 5 aliphatic heterocycles. The van der Waals surface area contributed by atoms with Crippen LogP contribution in [0.5, 0.6) is 0 Å². The lowest BCUT2D eigenvalue weighted by Gasteiger charge is -2.49. The average molecular weight is 1120 g/mol. The fourth-order valence-corrected chi connectivity index (χ4v) is 12.2. The van der Waals surface area contributed by atoms with Crippen LogP contribution in [-0.4, -0.2) is 167 Å². The average Bonchev–Trinajstić information content (AvgIpc) is 3.35. The van der Waals surface area contributed by atoms with Gasteiger partial charge in [0, 0.05) is 51.0 Å². The molecule has 21 heteroatoms. The monoisotopic (exact) mass is 1120 g/mol. The normalized spacial score (nSPS) is 45.8. The van der Waals surface area contributed by atoms with Crippen LogP contribution >= 0.6 is 33.1 Å². The first-order valence-electron chi connectivity index (χ1n) is 25.8. The topological polar surface area (TPSA) is 244 Å². The summed E-state index contributed by atoms with van der Waals surface area (Å²) in [6.45, 7) is 12.6. The van der Waals surface area contributed by atoms with Crippen molar-refractivity contribution in [3.63, 3.8) is 0 Å². The molecule has 0 aliphatic carbocycles. The molecule has 0 aromatic rings. The van der Waals surface area contributed by atoms with E-state index < -0.39 is 131 Å². The number of nitrogens with two attached hydrogens (primary N) is 1. The lowest BCUT2D eigenvalue weighted by atomic mass is 9.80. The van der Waals surface area contributed by atoms with E-state index in [-0.39, 0.29) is 55.8 Å². The largest absolute Gasteiger partial charge is 0.462 e. The number of cyclic esters (lactones) is 1. The fourth-order valence-electron chi connectivity index (χ4n) is 9.87. The van der Waals surface area contributed by atoms with E-state index in [0.29, 0.717) is 19.3 Å². The Morgan fingerprint density at radius 3 is 1.84 bits per heavy atom. The third-order valence-electron chi connectivity index (χ3n) is 14.4. The minimum Gasteiger partial charge on any atom is -0.462 e. The third-order valence-corrected chi connectivity index (χ3v) is 17.6. The minimum atomic E-state index is -1.45. The van der Waals surface area contributed by atoms with Gasteiger partial charge in [0.1, 0.15) is 18.0 Å². The van der Waals surface area contributed by atoms with Crippen molar-refractivity contribution < 1.29 is 77.8 Å². The second-order valence-corrected chi connectivity index (χ2v) is 28.8. The third kappa shape index (κ3) is 18.8. The number of allylic oxidation sites excluding steroid dienone is 12. The zero-order valence-electron chi connectivity index (χ0n) is 44.1. The highest BCUT2D eigenvalue weighted by Crippen LogP contribution is 2.52. The van der Waals surface area contributed by atoms with Gasteiger partial charge in [0.25, 0.3) is 0 Å². The first-order valence-corrected chi connectivity index (χ1v) is 32.7. The van der Waals surface area contributed by atoms with Gasteiger partial charge < -0.3 is 73.9 Å². The van der Waals surface area contributed by atoms with Gasteiger partial charge in [0.2, 0.25) is 0 Å². The van der Waals surface area contributed by atoms with E-state index in [1.165, 1.54) is 14.0 Å². The summed E-state index contributed by atoms with van der Waals surface area (Å²) < 4.78 is 56.7. The number of ether oxygens (including phenoxy) is 9. The van der Waals surface area contributed by atoms with Crippen LogP contribution in [0.2, 0.25) is 0 Å². The summed E-state index contributed by atoms with van der Waals surface area (Å²) >= 11 is 0. The number of carbonyl (C=O) groups excluding carboxylic acids is 2. The van der Waals surface area contributed by atoms with Crippen LogP contribution in [-0.2, 0) is 52.2 Å². The van der Waals surface area contributed by atoms with Crippen molar-refractivity contribution >= 4 is 44.8 Å². The van der Waals surface area contributed by atoms with Crippen molar-refractivity contribution in [2.24, 2.45) is 23.5 Å². The van der Waals surface area contributed by atoms with E-state index in [1.54, 1.807) is 32.1 Å². The first-order chi connectivity index (χ1) is 35.1. The molecule has 0 aromatic heterocycles. The molecule has 5 heterocycles. The van der Waals surface area contributed by atoms with Gasteiger partial charge in [-0.2, -0.15) is 0 Å². The summed E-state index contributed by atoms with van der Waals surface area (Å²) in [7, 11) is 5.30. The van der Waals surface area contributed by atoms with Gasteiger partial charge in [-0.1, -0.05) is 98.9 Å². The van der Waals surface area contributed by atoms with E-state index >= 15 is 0 Å². The van der Waals surface area contributed by atoms with Gasteiger partial charge >= 0.3 is 5.97 Å². The molecular formula is C53H85NO16P4. The number of fused-ring (bicyclic) bond motifs is 6. The highest BCUT2D eigenvalue weighted by Gasteiger charge is 2.52. The van der Waals surface area contributed by atoms with Crippen LogP contribution < -0.4 is 5.73 Å². The van der Waals surface area contributed by atoms with Gasteiger partial charge in [-0.3, -0.25) is 9.59 Å². The number of hydrogen-bond acceptors (Lipinski definition) is 17. The number of hydrogen-bond donors (Lipinski definition) is 6. The van der Waals surface area contributed by atoms with Crippen molar-refractivity contribution in [2.75, 3.05) is 20.4 Å². The lowest BCUT2D eigenvalue weighted by molar-refractivity contribution is -0.324. The Labute approximate surface area is 445 Å². The first kappa shape index (κ1) is 63.3. The summed E-state index contributed by atoms with van der Waals surface area (Å²) in [6.07, 6.45) is 15.5. The van der Waals surface area contributed by atoms with Gasteiger partial charge in [-0.25, -0.2) is 0 Å². The number of ketones is 1. The maximum atomic E-state index is 13.4. The Bertz CT molecular complexity index is 1970. The number of rotatable bonds is 6. The molecule has 0 saturated carbocycles. The van der Waals surface area contributed by atoms with E-state index in [2.05, 4.69) is 17.9 Å². The van der Waals surface area contributed by atoms with Crippen molar-refractivity contribution in [2.45, 2.75) is 196 Å². The predicted octanol–water partition coefficient (Wildman–Crippen LogP) is 6.37. The molecule has 6 bridgehead atoms. The maximum absolute atomic E-state index is 13.4. The molecule has 4 saturated heterocycles. The van der Waals surface area contributed by atoms with E-state index in [4.69, 9.17) is 48.4 Å². The summed E-state index contributed by atoms with van der Waals surface area (Å²) in [4.78, 5) is 26.7. The number of methoxy groups -OCH3 is 1. The number of esters is 1. The van der Waals surface area contributed by atoms with E-state index in [1.807, 2.05) is 94.0 Å². The molecule has 418 valence electrons. The summed E-state index contributed by atoms with van der Waals surface area (Å²) in [6, 6.07) is -2.27. The van der Waals surface area contributed by atoms with Gasteiger partial charge in [0.15, 0.2) is 24.1 Å². The zero-order chi connectivity index (χ0) is 54.3. The molecule has 25 atom stereocenters. The molecule has 0 radical (unpaired) electrons. The molecule has 74 heavy (non-hydrogen) atoms. The van der Waals surface area contributed by atoms with Crippen molar-refractivity contribution in [3.05, 3.63) is 85.1 Å². The molecule has 0 spiro atoms. The molecule has 9 unspecified atom stereocenters. The van der Waals surface area contributed by atoms with Gasteiger partial charge in [0.05, 0.1) is 85.5 Å². The molecule has 5 aliphatic rings. The fraction of sp³-hybridized carbons (Fsp3) is 0.698. The summed E-state index contributed by atoms with van der Waals surface area (Å²) in [5.74, 6) is -3.71. The van der Waals surface area contributed by atoms with Crippen molar-refractivity contribution in [3.8, 4) is 0 Å². The molecule has 0 aromatic carbocycles.